The molecule has 0 saturated heterocycles. The van der Waals surface area contributed by atoms with E-state index < -0.39 is 0 Å². The molecule has 0 aliphatic heterocycles. The highest BCUT2D eigenvalue weighted by molar-refractivity contribution is 6.00. The van der Waals surface area contributed by atoms with Gasteiger partial charge in [0, 0.05) is 45.7 Å². The van der Waals surface area contributed by atoms with E-state index >= 15 is 0 Å². The summed E-state index contributed by atoms with van der Waals surface area (Å²) >= 11 is 0. The summed E-state index contributed by atoms with van der Waals surface area (Å²) in [6.45, 7) is 2.12. The van der Waals surface area contributed by atoms with Crippen molar-refractivity contribution in [3.63, 3.8) is 0 Å². The largest absolute Gasteiger partial charge is 0.396 e. The van der Waals surface area contributed by atoms with Crippen molar-refractivity contribution >= 4 is 28.9 Å². The number of amides is 1. The Morgan fingerprint density at radius 2 is 2.09 bits per heavy atom. The second-order valence-corrected chi connectivity index (χ2v) is 7.66. The first-order valence-corrected chi connectivity index (χ1v) is 10.3. The molecular weight excluding hydrogens is 426 g/mol. The van der Waals surface area contributed by atoms with Gasteiger partial charge in [0.15, 0.2) is 5.65 Å². The Labute approximate surface area is 188 Å². The normalized spacial score (nSPS) is 12.0. The van der Waals surface area contributed by atoms with Crippen LogP contribution in [0.4, 0.5) is 17.3 Å². The quantitative estimate of drug-likeness (QED) is 0.307. The summed E-state index contributed by atoms with van der Waals surface area (Å²) in [6.07, 6.45) is 6.43. The molecule has 12 heteroatoms. The van der Waals surface area contributed by atoms with E-state index in [2.05, 4.69) is 31.1 Å². The van der Waals surface area contributed by atoms with Crippen molar-refractivity contribution in [1.82, 2.24) is 34.3 Å². The molecule has 33 heavy (non-hydrogen) atoms. The number of carbonyl (C=O) groups is 1. The van der Waals surface area contributed by atoms with E-state index in [-0.39, 0.29) is 29.6 Å². The van der Waals surface area contributed by atoms with E-state index in [4.69, 9.17) is 0 Å². The molecule has 0 bridgehead atoms. The molecule has 0 unspecified atom stereocenters. The molecule has 0 aromatic carbocycles. The third kappa shape index (κ3) is 4.41. The zero-order valence-corrected chi connectivity index (χ0v) is 18.5. The van der Waals surface area contributed by atoms with Gasteiger partial charge in [-0.3, -0.25) is 18.8 Å². The van der Waals surface area contributed by atoms with Crippen LogP contribution in [0.1, 0.15) is 17.3 Å². The molecule has 4 heterocycles. The molecule has 4 aromatic heterocycles. The van der Waals surface area contributed by atoms with Gasteiger partial charge < -0.3 is 21.1 Å². The number of aliphatic hydroxyl groups is 1. The van der Waals surface area contributed by atoms with Crippen molar-refractivity contribution in [2.45, 2.75) is 6.92 Å². The number of carbonyl (C=O) groups excluding carboxylic acids is 1. The maximum atomic E-state index is 13.0. The van der Waals surface area contributed by atoms with E-state index in [0.29, 0.717) is 35.2 Å². The Morgan fingerprint density at radius 3 is 2.79 bits per heavy atom. The maximum Gasteiger partial charge on any atom is 0.278 e. The van der Waals surface area contributed by atoms with Crippen molar-refractivity contribution in [2.24, 2.45) is 13.0 Å². The smallest absolute Gasteiger partial charge is 0.278 e. The lowest BCUT2D eigenvalue weighted by Gasteiger charge is -2.12. The van der Waals surface area contributed by atoms with Gasteiger partial charge in [0.25, 0.3) is 11.5 Å². The van der Waals surface area contributed by atoms with Crippen molar-refractivity contribution in [3.8, 4) is 5.69 Å². The number of aryl methyl sites for hydroxylation is 1. The molecule has 0 aliphatic rings. The average molecular weight is 451 g/mol. The van der Waals surface area contributed by atoms with E-state index in [1.54, 1.807) is 55.6 Å². The predicted molar refractivity (Wildman–Crippen MR) is 123 cm³/mol. The lowest BCUT2D eigenvalue weighted by atomic mass is 10.2. The minimum Gasteiger partial charge on any atom is -0.396 e. The lowest BCUT2D eigenvalue weighted by molar-refractivity contribution is 0.0943. The number of anilines is 3. The van der Waals surface area contributed by atoms with E-state index in [1.807, 2.05) is 6.92 Å². The maximum absolute atomic E-state index is 13.0. The summed E-state index contributed by atoms with van der Waals surface area (Å²) in [4.78, 5) is 30.2. The fourth-order valence-corrected chi connectivity index (χ4v) is 3.26. The third-order valence-corrected chi connectivity index (χ3v) is 5.07. The van der Waals surface area contributed by atoms with Crippen molar-refractivity contribution in [3.05, 3.63) is 58.9 Å². The molecule has 1 amide bonds. The van der Waals surface area contributed by atoms with Crippen LogP contribution >= 0.6 is 0 Å². The number of hydrogen-bond donors (Lipinski definition) is 4. The Balaban J connectivity index is 1.69. The molecule has 4 aromatic rings. The zero-order chi connectivity index (χ0) is 23.5. The van der Waals surface area contributed by atoms with Crippen LogP contribution in [0.3, 0.4) is 0 Å². The summed E-state index contributed by atoms with van der Waals surface area (Å²) in [5.41, 5.74) is 1.27. The van der Waals surface area contributed by atoms with Crippen LogP contribution in [0, 0.1) is 5.92 Å². The highest BCUT2D eigenvalue weighted by Gasteiger charge is 2.18. The first-order chi connectivity index (χ1) is 15.9. The second-order valence-electron chi connectivity index (χ2n) is 7.66. The number of hydrogen-bond acceptors (Lipinski definition) is 8. The number of nitrogens with zero attached hydrogens (tertiary/aromatic N) is 6. The Morgan fingerprint density at radius 1 is 1.27 bits per heavy atom. The Bertz CT molecular complexity index is 1350. The van der Waals surface area contributed by atoms with Crippen molar-refractivity contribution in [1.29, 1.82) is 0 Å². The van der Waals surface area contributed by atoms with Crippen LogP contribution in [0.2, 0.25) is 0 Å². The standard InChI is InChI=1S/C21H25N9O3/c1-13(12-31)8-23-20(32)15-10-25-30-18(22-2)7-17(27-19(15)30)26-16-5-4-6-29(21(16)33)14-9-24-28(3)11-14/h4-7,9-11,13,22,31H,8,12H2,1-3H3,(H,23,32)(H,26,27)/t13-/m1/s1. The van der Waals surface area contributed by atoms with E-state index in [9.17, 15) is 14.7 Å². The van der Waals surface area contributed by atoms with Gasteiger partial charge in [-0.05, 0) is 18.1 Å². The average Bonchev–Trinajstić information content (AvgIpc) is 3.44. The third-order valence-electron chi connectivity index (χ3n) is 5.07. The van der Waals surface area contributed by atoms with Crippen molar-refractivity contribution in [2.75, 3.05) is 30.8 Å². The van der Waals surface area contributed by atoms with Crippen LogP contribution < -0.4 is 21.5 Å². The van der Waals surface area contributed by atoms with Crippen LogP contribution in [0.5, 0.6) is 0 Å². The summed E-state index contributed by atoms with van der Waals surface area (Å²) in [6, 6.07) is 5.09. The van der Waals surface area contributed by atoms with E-state index in [1.165, 1.54) is 15.3 Å². The molecule has 0 spiro atoms. The van der Waals surface area contributed by atoms with Crippen molar-refractivity contribution < 1.29 is 9.90 Å². The Hall–Kier alpha value is -4.19. The molecule has 0 aliphatic carbocycles. The Kier molecular flexibility index (Phi) is 6.09. The highest BCUT2D eigenvalue weighted by atomic mass is 16.3. The molecule has 1 atom stereocenters. The topological polar surface area (TPSA) is 143 Å². The summed E-state index contributed by atoms with van der Waals surface area (Å²) in [5, 5.41) is 26.4. The summed E-state index contributed by atoms with van der Waals surface area (Å²) < 4.78 is 4.60. The predicted octanol–water partition coefficient (Wildman–Crippen LogP) is 0.757. The van der Waals surface area contributed by atoms with Gasteiger partial charge in [0.2, 0.25) is 0 Å². The van der Waals surface area contributed by atoms with Gasteiger partial charge in [0.05, 0.1) is 18.1 Å². The molecule has 0 fully saturated rings. The fraction of sp³-hybridized carbons (Fsp3) is 0.286. The highest BCUT2D eigenvalue weighted by Crippen LogP contribution is 2.21. The van der Waals surface area contributed by atoms with Gasteiger partial charge >= 0.3 is 0 Å². The van der Waals surface area contributed by atoms with Crippen LogP contribution in [-0.4, -0.2) is 60.2 Å². The lowest BCUT2D eigenvalue weighted by Crippen LogP contribution is -2.29. The summed E-state index contributed by atoms with van der Waals surface area (Å²) in [7, 11) is 3.50. The second kappa shape index (κ2) is 9.12. The monoisotopic (exact) mass is 451 g/mol. The molecule has 172 valence electrons. The molecular formula is C21H25N9O3. The van der Waals surface area contributed by atoms with Gasteiger partial charge in [-0.25, -0.2) is 4.98 Å². The molecule has 12 nitrogen and oxygen atoms in total. The van der Waals surface area contributed by atoms with Crippen LogP contribution in [0.25, 0.3) is 11.3 Å². The number of nitrogens with one attached hydrogen (secondary N) is 3. The van der Waals surface area contributed by atoms with Crippen LogP contribution in [-0.2, 0) is 7.05 Å². The summed E-state index contributed by atoms with van der Waals surface area (Å²) in [5.74, 6) is 0.518. The number of pyridine rings is 1. The first-order valence-electron chi connectivity index (χ1n) is 10.3. The van der Waals surface area contributed by atoms with Gasteiger partial charge in [0.1, 0.15) is 22.9 Å². The number of aromatic nitrogens is 6. The molecule has 4 N–H and O–H groups in total. The van der Waals surface area contributed by atoms with Gasteiger partial charge in [-0.1, -0.05) is 6.92 Å². The minimum atomic E-state index is -0.351. The number of aliphatic hydroxyl groups excluding tert-OH is 1. The van der Waals surface area contributed by atoms with Crippen LogP contribution in [0.15, 0.2) is 47.8 Å². The SMILES string of the molecule is CNc1cc(Nc2cccn(-c3cnn(C)c3)c2=O)nc2c(C(=O)NC[C@@H](C)CO)cnn12. The number of fused-ring (bicyclic) bond motifs is 1. The van der Waals surface area contributed by atoms with Gasteiger partial charge in [-0.2, -0.15) is 14.7 Å². The zero-order valence-electron chi connectivity index (χ0n) is 18.5. The molecule has 0 saturated carbocycles. The fourth-order valence-electron chi connectivity index (χ4n) is 3.26. The molecule has 4 rings (SSSR count). The minimum absolute atomic E-state index is 0.0289. The number of rotatable bonds is 8. The van der Waals surface area contributed by atoms with Gasteiger partial charge in [-0.15, -0.1) is 0 Å². The molecule has 0 radical (unpaired) electrons. The first kappa shape index (κ1) is 22.0. The van der Waals surface area contributed by atoms with E-state index in [0.717, 1.165) is 0 Å².